The number of aryl methyl sites for hydroxylation is 1. The molecule has 0 bridgehead atoms. The minimum Gasteiger partial charge on any atom is -0.354 e. The van der Waals surface area contributed by atoms with Crippen LogP contribution in [0.4, 0.5) is 5.69 Å². The first kappa shape index (κ1) is 26.5. The molecule has 9 heteroatoms. The summed E-state index contributed by atoms with van der Waals surface area (Å²) in [5.74, 6) is 0.477. The fourth-order valence-corrected chi connectivity index (χ4v) is 5.92. The number of benzene rings is 3. The second kappa shape index (κ2) is 12.5. The van der Waals surface area contributed by atoms with Gasteiger partial charge in [-0.1, -0.05) is 29.3 Å². The standard InChI is InChI=1S/C25H27ClN2O3S3/c1-19-4-8-21(9-5-19)28(34(30,31)24-14-12-22(32-2)13-15-24)18-25(29)27-16-3-17-33-23-10-6-20(26)7-11-23/h4-15H,3,16-18H2,1-2H3,(H,27,29). The van der Waals surface area contributed by atoms with Crippen LogP contribution in [0.2, 0.25) is 5.02 Å². The van der Waals surface area contributed by atoms with E-state index in [1.165, 1.54) is 16.1 Å². The van der Waals surface area contributed by atoms with Gasteiger partial charge in [-0.3, -0.25) is 9.10 Å². The average Bonchev–Trinajstić information content (AvgIpc) is 2.84. The lowest BCUT2D eigenvalue weighted by atomic mass is 10.2. The number of rotatable bonds is 11. The highest BCUT2D eigenvalue weighted by molar-refractivity contribution is 7.99. The largest absolute Gasteiger partial charge is 0.354 e. The zero-order valence-corrected chi connectivity index (χ0v) is 22.2. The minimum atomic E-state index is -3.91. The zero-order valence-electron chi connectivity index (χ0n) is 19.0. The van der Waals surface area contributed by atoms with Crippen molar-refractivity contribution < 1.29 is 13.2 Å². The van der Waals surface area contributed by atoms with E-state index in [1.54, 1.807) is 48.2 Å². The second-order valence-electron chi connectivity index (χ2n) is 7.53. The van der Waals surface area contributed by atoms with Crippen molar-refractivity contribution in [3.63, 3.8) is 0 Å². The molecule has 3 rings (SSSR count). The first-order chi connectivity index (χ1) is 16.3. The van der Waals surface area contributed by atoms with E-state index < -0.39 is 10.0 Å². The number of amides is 1. The lowest BCUT2D eigenvalue weighted by Crippen LogP contribution is -2.41. The van der Waals surface area contributed by atoms with Crippen LogP contribution in [0.3, 0.4) is 0 Å². The first-order valence-electron chi connectivity index (χ1n) is 10.7. The number of hydrogen-bond donors (Lipinski definition) is 1. The van der Waals surface area contributed by atoms with Gasteiger partial charge in [0.15, 0.2) is 0 Å². The summed E-state index contributed by atoms with van der Waals surface area (Å²) in [6.45, 7) is 2.10. The van der Waals surface area contributed by atoms with Gasteiger partial charge in [-0.25, -0.2) is 8.42 Å². The number of nitrogens with one attached hydrogen (secondary N) is 1. The number of nitrogens with zero attached hydrogens (tertiary/aromatic N) is 1. The minimum absolute atomic E-state index is 0.151. The van der Waals surface area contributed by atoms with Crippen molar-refractivity contribution in [2.24, 2.45) is 0 Å². The fraction of sp³-hybridized carbons (Fsp3) is 0.240. The summed E-state index contributed by atoms with van der Waals surface area (Å²) in [5, 5.41) is 3.55. The molecule has 0 aromatic heterocycles. The van der Waals surface area contributed by atoms with E-state index in [2.05, 4.69) is 5.32 Å². The summed E-state index contributed by atoms with van der Waals surface area (Å²) in [5.41, 5.74) is 1.46. The number of anilines is 1. The normalized spacial score (nSPS) is 11.3. The van der Waals surface area contributed by atoms with E-state index in [9.17, 15) is 13.2 Å². The molecule has 34 heavy (non-hydrogen) atoms. The molecule has 0 radical (unpaired) electrons. The van der Waals surface area contributed by atoms with Crippen molar-refractivity contribution in [1.29, 1.82) is 0 Å². The highest BCUT2D eigenvalue weighted by Gasteiger charge is 2.27. The van der Waals surface area contributed by atoms with Gasteiger partial charge in [0, 0.05) is 21.4 Å². The Labute approximate surface area is 215 Å². The number of thioether (sulfide) groups is 2. The molecule has 0 aliphatic rings. The van der Waals surface area contributed by atoms with Crippen LogP contribution >= 0.6 is 35.1 Å². The number of carbonyl (C=O) groups excluding carboxylic acids is 1. The lowest BCUT2D eigenvalue weighted by molar-refractivity contribution is -0.119. The average molecular weight is 535 g/mol. The third-order valence-corrected chi connectivity index (χ3v) is 8.86. The molecule has 0 aliphatic heterocycles. The summed E-state index contributed by atoms with van der Waals surface area (Å²) in [6.07, 6.45) is 2.69. The topological polar surface area (TPSA) is 66.5 Å². The van der Waals surface area contributed by atoms with E-state index in [0.29, 0.717) is 17.3 Å². The molecule has 0 atom stereocenters. The zero-order chi connectivity index (χ0) is 24.6. The van der Waals surface area contributed by atoms with E-state index in [1.807, 2.05) is 49.6 Å². The molecule has 1 N–H and O–H groups in total. The third-order valence-electron chi connectivity index (χ3n) is 4.98. The Kier molecular flexibility index (Phi) is 9.76. The molecule has 3 aromatic rings. The molecule has 0 spiro atoms. The van der Waals surface area contributed by atoms with Crippen LogP contribution in [0.25, 0.3) is 0 Å². The smallest absolute Gasteiger partial charge is 0.264 e. The van der Waals surface area contributed by atoms with Gasteiger partial charge in [0.2, 0.25) is 5.91 Å². The van der Waals surface area contributed by atoms with E-state index >= 15 is 0 Å². The molecule has 0 saturated heterocycles. The molecule has 0 unspecified atom stereocenters. The van der Waals surface area contributed by atoms with Gasteiger partial charge in [0.05, 0.1) is 10.6 Å². The van der Waals surface area contributed by atoms with E-state index in [4.69, 9.17) is 11.6 Å². The summed E-state index contributed by atoms with van der Waals surface area (Å²) in [4.78, 5) is 14.9. The monoisotopic (exact) mass is 534 g/mol. The highest BCUT2D eigenvalue weighted by Crippen LogP contribution is 2.26. The van der Waals surface area contributed by atoms with Gasteiger partial charge in [0.1, 0.15) is 6.54 Å². The highest BCUT2D eigenvalue weighted by atomic mass is 35.5. The Morgan fingerprint density at radius 2 is 1.56 bits per heavy atom. The van der Waals surface area contributed by atoms with E-state index in [-0.39, 0.29) is 17.3 Å². The van der Waals surface area contributed by atoms with Crippen LogP contribution in [0, 0.1) is 6.92 Å². The van der Waals surface area contributed by atoms with Crippen molar-refractivity contribution in [1.82, 2.24) is 5.32 Å². The van der Waals surface area contributed by atoms with Crippen molar-refractivity contribution in [2.75, 3.05) is 29.4 Å². The van der Waals surface area contributed by atoms with Gasteiger partial charge in [0.25, 0.3) is 10.0 Å². The van der Waals surface area contributed by atoms with Gasteiger partial charge >= 0.3 is 0 Å². The predicted molar refractivity (Wildman–Crippen MR) is 144 cm³/mol. The maximum absolute atomic E-state index is 13.4. The Hall–Kier alpha value is -2.13. The molecule has 5 nitrogen and oxygen atoms in total. The molecular weight excluding hydrogens is 508 g/mol. The Morgan fingerprint density at radius 1 is 0.941 bits per heavy atom. The van der Waals surface area contributed by atoms with Crippen molar-refractivity contribution in [3.05, 3.63) is 83.4 Å². The summed E-state index contributed by atoms with van der Waals surface area (Å²) in [7, 11) is -3.91. The molecule has 0 heterocycles. The van der Waals surface area contributed by atoms with Crippen LogP contribution in [-0.4, -0.2) is 39.4 Å². The van der Waals surface area contributed by atoms with Crippen LogP contribution in [0.15, 0.2) is 87.5 Å². The van der Waals surface area contributed by atoms with Gasteiger partial charge in [-0.2, -0.15) is 0 Å². The number of carbonyl (C=O) groups is 1. The molecule has 3 aromatic carbocycles. The van der Waals surface area contributed by atoms with E-state index in [0.717, 1.165) is 27.5 Å². The van der Waals surface area contributed by atoms with Crippen molar-refractivity contribution in [2.45, 2.75) is 28.0 Å². The van der Waals surface area contributed by atoms with Crippen molar-refractivity contribution in [3.8, 4) is 0 Å². The predicted octanol–water partition coefficient (Wildman–Crippen LogP) is 5.86. The van der Waals surface area contributed by atoms with Crippen LogP contribution in [0.1, 0.15) is 12.0 Å². The number of halogens is 1. The van der Waals surface area contributed by atoms with Gasteiger partial charge < -0.3 is 5.32 Å². The number of sulfonamides is 1. The Balaban J connectivity index is 1.64. The molecule has 0 saturated carbocycles. The summed E-state index contributed by atoms with van der Waals surface area (Å²) < 4.78 is 28.0. The maximum Gasteiger partial charge on any atom is 0.264 e. The number of hydrogen-bond acceptors (Lipinski definition) is 5. The fourth-order valence-electron chi connectivity index (χ4n) is 3.11. The molecular formula is C25H27ClN2O3S3. The van der Waals surface area contributed by atoms with Gasteiger partial charge in [-0.15, -0.1) is 23.5 Å². The van der Waals surface area contributed by atoms with Crippen LogP contribution < -0.4 is 9.62 Å². The molecule has 1 amide bonds. The maximum atomic E-state index is 13.4. The lowest BCUT2D eigenvalue weighted by Gasteiger charge is -2.24. The third kappa shape index (κ3) is 7.43. The summed E-state index contributed by atoms with van der Waals surface area (Å²) >= 11 is 9.12. The Morgan fingerprint density at radius 3 is 2.18 bits per heavy atom. The second-order valence-corrected chi connectivity index (χ2v) is 11.9. The SMILES string of the molecule is CSc1ccc(S(=O)(=O)N(CC(=O)NCCCSc2ccc(Cl)cc2)c2ccc(C)cc2)cc1. The van der Waals surface area contributed by atoms with Gasteiger partial charge in [-0.05, 0) is 86.0 Å². The molecule has 180 valence electrons. The first-order valence-corrected chi connectivity index (χ1v) is 14.7. The van der Waals surface area contributed by atoms with Crippen molar-refractivity contribution >= 4 is 56.7 Å². The van der Waals surface area contributed by atoms with Crippen LogP contribution in [-0.2, 0) is 14.8 Å². The summed E-state index contributed by atoms with van der Waals surface area (Å²) in [6, 6.07) is 21.4. The molecule has 0 fully saturated rings. The molecule has 0 aliphatic carbocycles. The quantitative estimate of drug-likeness (QED) is 0.246. The van der Waals surface area contributed by atoms with Crippen LogP contribution in [0.5, 0.6) is 0 Å². The Bertz CT molecular complexity index is 1180.